The maximum Gasteiger partial charge on any atom is 0.254 e. The Bertz CT molecular complexity index is 1200. The van der Waals surface area contributed by atoms with Gasteiger partial charge in [-0.3, -0.25) is 19.6 Å². The minimum Gasteiger partial charge on any atom is -0.344 e. The normalized spacial score (nSPS) is 15.0. The zero-order chi connectivity index (χ0) is 24.9. The van der Waals surface area contributed by atoms with Gasteiger partial charge in [0, 0.05) is 43.2 Å². The molecule has 35 heavy (non-hydrogen) atoms. The van der Waals surface area contributed by atoms with Gasteiger partial charge in [0.15, 0.2) is 0 Å². The van der Waals surface area contributed by atoms with Gasteiger partial charge < -0.3 is 10.2 Å². The zero-order valence-electron chi connectivity index (χ0n) is 19.5. The van der Waals surface area contributed by atoms with E-state index < -0.39 is 17.7 Å². The molecule has 3 aromatic rings. The highest BCUT2D eigenvalue weighted by Crippen LogP contribution is 2.31. The molecule has 4 rings (SSSR count). The fourth-order valence-corrected chi connectivity index (χ4v) is 4.27. The summed E-state index contributed by atoms with van der Waals surface area (Å²) < 4.78 is 27.9. The van der Waals surface area contributed by atoms with E-state index in [9.17, 15) is 18.4 Å². The molecule has 3 heterocycles. The van der Waals surface area contributed by atoms with Crippen molar-refractivity contribution in [1.29, 1.82) is 0 Å². The Morgan fingerprint density at radius 3 is 2.43 bits per heavy atom. The van der Waals surface area contributed by atoms with Gasteiger partial charge in [-0.2, -0.15) is 0 Å². The Balaban J connectivity index is 1.43. The second kappa shape index (κ2) is 10.6. The quantitative estimate of drug-likeness (QED) is 0.581. The first-order valence-electron chi connectivity index (χ1n) is 11.4. The predicted molar refractivity (Wildman–Crippen MR) is 123 cm³/mol. The lowest BCUT2D eigenvalue weighted by Gasteiger charge is -2.33. The van der Waals surface area contributed by atoms with Gasteiger partial charge in [-0.1, -0.05) is 6.07 Å². The molecule has 2 amide bonds. The van der Waals surface area contributed by atoms with E-state index in [1.807, 2.05) is 13.8 Å². The standard InChI is InChI=1S/C25H26F2N6O2/c1-15-11-30-23(16(2)32-25(35)18-12-28-14-29-13-18)24(31-15)17-6-8-33(9-7-17)22(34)10-19-20(26)4-3-5-21(19)27/h3-5,11-14,16-17H,6-10H2,1-2H3,(H,32,35). The van der Waals surface area contributed by atoms with E-state index in [1.165, 1.54) is 24.8 Å². The molecule has 0 saturated carbocycles. The first kappa shape index (κ1) is 24.3. The number of aromatic nitrogens is 4. The Kier molecular flexibility index (Phi) is 7.38. The summed E-state index contributed by atoms with van der Waals surface area (Å²) in [6, 6.07) is 3.18. The molecule has 1 aromatic carbocycles. The van der Waals surface area contributed by atoms with Crippen LogP contribution >= 0.6 is 0 Å². The molecule has 1 atom stereocenters. The van der Waals surface area contributed by atoms with Crippen LogP contribution in [0, 0.1) is 18.6 Å². The third-order valence-electron chi connectivity index (χ3n) is 6.15. The van der Waals surface area contributed by atoms with Crippen molar-refractivity contribution in [3.8, 4) is 0 Å². The first-order chi connectivity index (χ1) is 16.8. The maximum atomic E-state index is 14.0. The molecular formula is C25H26F2N6O2. The molecule has 1 fully saturated rings. The van der Waals surface area contributed by atoms with Crippen LogP contribution in [0.2, 0.25) is 0 Å². The van der Waals surface area contributed by atoms with Gasteiger partial charge in [-0.25, -0.2) is 18.7 Å². The molecule has 2 aromatic heterocycles. The van der Waals surface area contributed by atoms with Crippen LogP contribution in [0.25, 0.3) is 0 Å². The molecule has 1 N–H and O–H groups in total. The Morgan fingerprint density at radius 2 is 1.77 bits per heavy atom. The molecule has 1 saturated heterocycles. The third kappa shape index (κ3) is 5.64. The number of hydrogen-bond acceptors (Lipinski definition) is 6. The number of piperidine rings is 1. The van der Waals surface area contributed by atoms with Crippen molar-refractivity contribution >= 4 is 11.8 Å². The molecule has 0 radical (unpaired) electrons. The summed E-state index contributed by atoms with van der Waals surface area (Å²) in [6.45, 7) is 4.58. The largest absolute Gasteiger partial charge is 0.344 e. The number of aryl methyl sites for hydroxylation is 1. The topological polar surface area (TPSA) is 101 Å². The third-order valence-corrected chi connectivity index (χ3v) is 6.15. The van der Waals surface area contributed by atoms with Crippen LogP contribution in [-0.4, -0.2) is 49.7 Å². The number of amides is 2. The second-order valence-corrected chi connectivity index (χ2v) is 8.64. The van der Waals surface area contributed by atoms with Crippen LogP contribution in [0.4, 0.5) is 8.78 Å². The average molecular weight is 481 g/mol. The highest BCUT2D eigenvalue weighted by molar-refractivity contribution is 5.93. The van der Waals surface area contributed by atoms with E-state index in [4.69, 9.17) is 4.98 Å². The van der Waals surface area contributed by atoms with E-state index >= 15 is 0 Å². The lowest BCUT2D eigenvalue weighted by molar-refractivity contribution is -0.131. The van der Waals surface area contributed by atoms with Gasteiger partial charge in [0.1, 0.15) is 18.0 Å². The number of halogens is 2. The van der Waals surface area contributed by atoms with E-state index in [0.717, 1.165) is 23.5 Å². The SMILES string of the molecule is Cc1cnc(C(C)NC(=O)c2cncnc2)c(C2CCN(C(=O)Cc3c(F)cccc3F)CC2)n1. The zero-order valence-corrected chi connectivity index (χ0v) is 19.5. The van der Waals surface area contributed by atoms with Crippen LogP contribution in [0.3, 0.4) is 0 Å². The molecular weight excluding hydrogens is 454 g/mol. The molecule has 182 valence electrons. The fraction of sp³-hybridized carbons (Fsp3) is 0.360. The minimum absolute atomic E-state index is 0.0334. The van der Waals surface area contributed by atoms with Gasteiger partial charge >= 0.3 is 0 Å². The molecule has 1 unspecified atom stereocenters. The fourth-order valence-electron chi connectivity index (χ4n) is 4.27. The monoisotopic (exact) mass is 480 g/mol. The number of hydrogen-bond donors (Lipinski definition) is 1. The lowest BCUT2D eigenvalue weighted by Crippen LogP contribution is -2.39. The summed E-state index contributed by atoms with van der Waals surface area (Å²) in [6.07, 6.45) is 6.84. The number of carbonyl (C=O) groups excluding carboxylic acids is 2. The Hall–Kier alpha value is -3.82. The minimum atomic E-state index is -0.717. The summed E-state index contributed by atoms with van der Waals surface area (Å²) in [5, 5.41) is 2.92. The van der Waals surface area contributed by atoms with E-state index in [1.54, 1.807) is 11.1 Å². The summed E-state index contributed by atoms with van der Waals surface area (Å²) in [7, 11) is 0. The summed E-state index contributed by atoms with van der Waals surface area (Å²) in [5.41, 5.74) is 2.35. The Morgan fingerprint density at radius 1 is 1.11 bits per heavy atom. The maximum absolute atomic E-state index is 14.0. The van der Waals surface area contributed by atoms with Gasteiger partial charge in [0.25, 0.3) is 5.91 Å². The van der Waals surface area contributed by atoms with Crippen molar-refractivity contribution in [2.24, 2.45) is 0 Å². The number of rotatable bonds is 6. The van der Waals surface area contributed by atoms with Crippen molar-refractivity contribution in [2.45, 2.75) is 45.1 Å². The summed E-state index contributed by atoms with van der Waals surface area (Å²) in [5.74, 6) is -2.02. The number of likely N-dealkylation sites (tertiary alicyclic amines) is 1. The molecule has 8 nitrogen and oxygen atoms in total. The smallest absolute Gasteiger partial charge is 0.254 e. The molecule has 0 spiro atoms. The predicted octanol–water partition coefficient (Wildman–Crippen LogP) is 3.29. The van der Waals surface area contributed by atoms with E-state index in [-0.39, 0.29) is 29.7 Å². The summed E-state index contributed by atoms with van der Waals surface area (Å²) in [4.78, 5) is 43.9. The van der Waals surface area contributed by atoms with Crippen LogP contribution in [-0.2, 0) is 11.2 Å². The molecule has 10 heteroatoms. The van der Waals surface area contributed by atoms with Crippen molar-refractivity contribution in [1.82, 2.24) is 30.2 Å². The van der Waals surface area contributed by atoms with E-state index in [0.29, 0.717) is 37.2 Å². The lowest BCUT2D eigenvalue weighted by atomic mass is 9.90. The van der Waals surface area contributed by atoms with Gasteiger partial charge in [0.05, 0.1) is 35.1 Å². The molecule has 1 aliphatic rings. The molecule has 0 aliphatic carbocycles. The van der Waals surface area contributed by atoms with Crippen molar-refractivity contribution < 1.29 is 18.4 Å². The number of nitrogens with one attached hydrogen (secondary N) is 1. The highest BCUT2D eigenvalue weighted by atomic mass is 19.1. The van der Waals surface area contributed by atoms with Crippen molar-refractivity contribution in [3.63, 3.8) is 0 Å². The van der Waals surface area contributed by atoms with Crippen LogP contribution < -0.4 is 5.32 Å². The highest BCUT2D eigenvalue weighted by Gasteiger charge is 2.29. The van der Waals surface area contributed by atoms with E-state index in [2.05, 4.69) is 20.3 Å². The van der Waals surface area contributed by atoms with Crippen LogP contribution in [0.5, 0.6) is 0 Å². The van der Waals surface area contributed by atoms with Gasteiger partial charge in [0.2, 0.25) is 5.91 Å². The number of carbonyl (C=O) groups is 2. The summed E-state index contributed by atoms with van der Waals surface area (Å²) >= 11 is 0. The van der Waals surface area contributed by atoms with Gasteiger partial charge in [-0.05, 0) is 38.8 Å². The van der Waals surface area contributed by atoms with Crippen LogP contribution in [0.1, 0.15) is 64.7 Å². The molecule has 1 aliphatic heterocycles. The van der Waals surface area contributed by atoms with Crippen molar-refractivity contribution in [3.05, 3.63) is 83.0 Å². The Labute approximate surface area is 201 Å². The number of nitrogens with zero attached hydrogens (tertiary/aromatic N) is 5. The molecule has 0 bridgehead atoms. The second-order valence-electron chi connectivity index (χ2n) is 8.64. The first-order valence-corrected chi connectivity index (χ1v) is 11.4. The average Bonchev–Trinajstić information content (AvgIpc) is 2.86. The van der Waals surface area contributed by atoms with Crippen LogP contribution in [0.15, 0.2) is 43.1 Å². The van der Waals surface area contributed by atoms with Crippen molar-refractivity contribution in [2.75, 3.05) is 13.1 Å². The van der Waals surface area contributed by atoms with Gasteiger partial charge in [-0.15, -0.1) is 0 Å². The number of benzene rings is 1.